The summed E-state index contributed by atoms with van der Waals surface area (Å²) >= 11 is 9.04. The summed E-state index contributed by atoms with van der Waals surface area (Å²) in [6.45, 7) is 1.94. The van der Waals surface area contributed by atoms with E-state index in [2.05, 4.69) is 38.9 Å². The van der Waals surface area contributed by atoms with E-state index in [1.165, 1.54) is 11.3 Å². The molecule has 0 saturated heterocycles. The molecule has 0 unspecified atom stereocenters. The minimum atomic E-state index is -0.197. The van der Waals surface area contributed by atoms with Gasteiger partial charge in [-0.05, 0) is 25.1 Å². The van der Waals surface area contributed by atoms with E-state index in [4.69, 9.17) is 0 Å². The molecule has 1 aromatic carbocycles. The van der Waals surface area contributed by atoms with Gasteiger partial charge in [0.1, 0.15) is 0 Å². The lowest BCUT2D eigenvalue weighted by Crippen LogP contribution is -2.12. The van der Waals surface area contributed by atoms with E-state index in [1.807, 2.05) is 13.0 Å². The number of amides is 1. The number of carbonyl (C=O) groups is 1. The van der Waals surface area contributed by atoms with Crippen LogP contribution in [0.4, 0.5) is 5.13 Å². The predicted octanol–water partition coefficient (Wildman–Crippen LogP) is 3.76. The lowest BCUT2D eigenvalue weighted by molar-refractivity contribution is 0.102. The van der Waals surface area contributed by atoms with E-state index in [1.54, 1.807) is 18.3 Å². The lowest BCUT2D eigenvalue weighted by atomic mass is 10.2. The summed E-state index contributed by atoms with van der Waals surface area (Å²) in [6, 6.07) is 5.31. The van der Waals surface area contributed by atoms with Crippen LogP contribution in [-0.4, -0.2) is 10.9 Å². The normalized spacial score (nSPS) is 10.3. The molecular weight excluding hydrogens is 320 g/mol. The fourth-order valence-electron chi connectivity index (χ4n) is 1.27. The number of hydrogen-bond acceptors (Lipinski definition) is 4. The van der Waals surface area contributed by atoms with Crippen LogP contribution in [0.2, 0.25) is 0 Å². The van der Waals surface area contributed by atoms with Gasteiger partial charge in [-0.15, -0.1) is 24.0 Å². The number of nitrogens with one attached hydrogen (secondary N) is 1. The summed E-state index contributed by atoms with van der Waals surface area (Å²) in [4.78, 5) is 17.7. The molecule has 2 aromatic rings. The van der Waals surface area contributed by atoms with Gasteiger partial charge < -0.3 is 0 Å². The number of thiol groups is 1. The summed E-state index contributed by atoms with van der Waals surface area (Å²) < 4.78 is 0.893. The molecule has 1 aromatic heterocycles. The first-order valence-corrected chi connectivity index (χ1v) is 6.84. The predicted molar refractivity (Wildman–Crippen MR) is 76.2 cm³/mol. The quantitative estimate of drug-likeness (QED) is 0.824. The number of anilines is 1. The van der Waals surface area contributed by atoms with Gasteiger partial charge in [-0.1, -0.05) is 15.9 Å². The van der Waals surface area contributed by atoms with Crippen molar-refractivity contribution in [3.63, 3.8) is 0 Å². The minimum Gasteiger partial charge on any atom is -0.298 e. The summed E-state index contributed by atoms with van der Waals surface area (Å²) in [5.74, 6) is -0.197. The average molecular weight is 329 g/mol. The lowest BCUT2D eigenvalue weighted by Gasteiger charge is -2.04. The van der Waals surface area contributed by atoms with Gasteiger partial charge in [-0.3, -0.25) is 10.1 Å². The van der Waals surface area contributed by atoms with E-state index in [-0.39, 0.29) is 5.91 Å². The largest absolute Gasteiger partial charge is 0.298 e. The van der Waals surface area contributed by atoms with E-state index < -0.39 is 0 Å². The van der Waals surface area contributed by atoms with Crippen molar-refractivity contribution in [1.82, 2.24) is 4.98 Å². The van der Waals surface area contributed by atoms with Crippen molar-refractivity contribution in [1.29, 1.82) is 0 Å². The number of carbonyl (C=O) groups excluding carboxylic acids is 1. The van der Waals surface area contributed by atoms with Gasteiger partial charge >= 0.3 is 0 Å². The maximum Gasteiger partial charge on any atom is 0.258 e. The maximum atomic E-state index is 11.9. The molecule has 1 amide bonds. The second-order valence-corrected chi connectivity index (χ2v) is 6.02. The van der Waals surface area contributed by atoms with Gasteiger partial charge in [-0.25, -0.2) is 4.98 Å². The average Bonchev–Trinajstić information content (AvgIpc) is 2.63. The molecule has 1 N–H and O–H groups in total. The third-order valence-electron chi connectivity index (χ3n) is 2.05. The van der Waals surface area contributed by atoms with Crippen LogP contribution < -0.4 is 5.32 Å². The Balaban J connectivity index is 2.20. The third kappa shape index (κ3) is 3.08. The van der Waals surface area contributed by atoms with Gasteiger partial charge in [0, 0.05) is 20.4 Å². The summed E-state index contributed by atoms with van der Waals surface area (Å²) in [5, 5.41) is 3.34. The highest BCUT2D eigenvalue weighted by Crippen LogP contribution is 2.22. The van der Waals surface area contributed by atoms with Crippen molar-refractivity contribution in [2.75, 3.05) is 5.32 Å². The van der Waals surface area contributed by atoms with Gasteiger partial charge in [0.2, 0.25) is 0 Å². The molecule has 0 aliphatic heterocycles. The van der Waals surface area contributed by atoms with Crippen molar-refractivity contribution in [2.45, 2.75) is 11.8 Å². The van der Waals surface area contributed by atoms with Crippen LogP contribution in [0.1, 0.15) is 15.2 Å². The van der Waals surface area contributed by atoms with Gasteiger partial charge in [-0.2, -0.15) is 0 Å². The molecule has 0 atom stereocenters. The molecule has 0 bridgehead atoms. The number of thiazole rings is 1. The fraction of sp³-hybridized carbons (Fsp3) is 0.0909. The van der Waals surface area contributed by atoms with Crippen LogP contribution in [-0.2, 0) is 0 Å². The Bertz CT molecular complexity index is 568. The first kappa shape index (κ1) is 12.6. The van der Waals surface area contributed by atoms with Crippen molar-refractivity contribution in [3.05, 3.63) is 39.3 Å². The second kappa shape index (κ2) is 5.20. The highest BCUT2D eigenvalue weighted by molar-refractivity contribution is 9.10. The van der Waals surface area contributed by atoms with E-state index in [0.717, 1.165) is 9.35 Å². The molecule has 17 heavy (non-hydrogen) atoms. The highest BCUT2D eigenvalue weighted by atomic mass is 79.9. The number of rotatable bonds is 2. The molecule has 0 spiro atoms. The Kier molecular flexibility index (Phi) is 3.86. The Morgan fingerprint density at radius 3 is 2.88 bits per heavy atom. The molecule has 0 fully saturated rings. The van der Waals surface area contributed by atoms with Crippen LogP contribution in [0.3, 0.4) is 0 Å². The number of aromatic nitrogens is 1. The molecule has 6 heteroatoms. The molecule has 3 nitrogen and oxygen atoms in total. The number of benzene rings is 1. The van der Waals surface area contributed by atoms with Crippen molar-refractivity contribution < 1.29 is 4.79 Å². The number of aryl methyl sites for hydroxylation is 1. The summed E-state index contributed by atoms with van der Waals surface area (Å²) in [5.41, 5.74) is 0.532. The fourth-order valence-corrected chi connectivity index (χ4v) is 2.79. The standard InChI is InChI=1S/C11H9BrN2OS2/c1-6-5-13-11(17-6)14-10(15)8-3-2-7(12)4-9(8)16/h2-5,16H,1H3,(H,13,14,15). The Morgan fingerprint density at radius 1 is 1.53 bits per heavy atom. The summed E-state index contributed by atoms with van der Waals surface area (Å²) in [6.07, 6.45) is 1.73. The molecular formula is C11H9BrN2OS2. The molecule has 0 aliphatic rings. The maximum absolute atomic E-state index is 11.9. The number of halogens is 1. The molecule has 1 heterocycles. The Hall–Kier alpha value is -0.850. The number of hydrogen-bond donors (Lipinski definition) is 2. The van der Waals surface area contributed by atoms with Gasteiger partial charge in [0.25, 0.3) is 5.91 Å². The molecule has 2 rings (SSSR count). The highest BCUT2D eigenvalue weighted by Gasteiger charge is 2.11. The van der Waals surface area contributed by atoms with Gasteiger partial charge in [0.05, 0.1) is 5.56 Å². The van der Waals surface area contributed by atoms with Crippen LogP contribution >= 0.6 is 39.9 Å². The third-order valence-corrected chi connectivity index (χ3v) is 3.74. The van der Waals surface area contributed by atoms with E-state index in [9.17, 15) is 4.79 Å². The van der Waals surface area contributed by atoms with Crippen molar-refractivity contribution >= 4 is 50.9 Å². The SMILES string of the molecule is Cc1cnc(NC(=O)c2ccc(Br)cc2S)s1. The zero-order valence-electron chi connectivity index (χ0n) is 8.90. The second-order valence-electron chi connectivity index (χ2n) is 3.39. The zero-order valence-corrected chi connectivity index (χ0v) is 12.2. The van der Waals surface area contributed by atoms with Crippen molar-refractivity contribution in [3.8, 4) is 0 Å². The zero-order chi connectivity index (χ0) is 12.4. The monoisotopic (exact) mass is 328 g/mol. The topological polar surface area (TPSA) is 42.0 Å². The Labute approximate surface area is 117 Å². The first-order valence-electron chi connectivity index (χ1n) is 4.78. The van der Waals surface area contributed by atoms with Crippen LogP contribution in [0.25, 0.3) is 0 Å². The molecule has 88 valence electrons. The van der Waals surface area contributed by atoms with E-state index >= 15 is 0 Å². The molecule has 0 aliphatic carbocycles. The van der Waals surface area contributed by atoms with E-state index in [0.29, 0.717) is 15.6 Å². The van der Waals surface area contributed by atoms with Crippen LogP contribution in [0.5, 0.6) is 0 Å². The Morgan fingerprint density at radius 2 is 2.29 bits per heavy atom. The molecule has 0 saturated carbocycles. The summed E-state index contributed by atoms with van der Waals surface area (Å²) in [7, 11) is 0. The van der Waals surface area contributed by atoms with Crippen LogP contribution in [0, 0.1) is 6.92 Å². The minimum absolute atomic E-state index is 0.197. The van der Waals surface area contributed by atoms with Crippen molar-refractivity contribution in [2.24, 2.45) is 0 Å². The molecule has 0 radical (unpaired) electrons. The smallest absolute Gasteiger partial charge is 0.258 e. The van der Waals surface area contributed by atoms with Gasteiger partial charge in [0.15, 0.2) is 5.13 Å². The number of nitrogens with zero attached hydrogens (tertiary/aromatic N) is 1. The van der Waals surface area contributed by atoms with Crippen LogP contribution in [0.15, 0.2) is 33.8 Å². The first-order chi connectivity index (χ1) is 8.06.